The number of amides is 1. The summed E-state index contributed by atoms with van der Waals surface area (Å²) in [4.78, 5) is 15.8. The van der Waals surface area contributed by atoms with Crippen molar-refractivity contribution >= 4 is 11.7 Å². The number of nitrogen functional groups attached to an aromatic ring is 1. The first kappa shape index (κ1) is 13.5. The number of carbonyl (C=O) groups excluding carboxylic acids is 1. The molecule has 0 aliphatic heterocycles. The maximum Gasteiger partial charge on any atom is 0.255 e. The maximum absolute atomic E-state index is 11.9. The lowest BCUT2D eigenvalue weighted by Crippen LogP contribution is -2.33. The van der Waals surface area contributed by atoms with Gasteiger partial charge in [-0.1, -0.05) is 26.2 Å². The van der Waals surface area contributed by atoms with Gasteiger partial charge in [-0.2, -0.15) is 0 Å². The maximum atomic E-state index is 11.9. The number of carbonyl (C=O) groups is 1. The third kappa shape index (κ3) is 4.43. The van der Waals surface area contributed by atoms with Crippen molar-refractivity contribution in [2.24, 2.45) is 0 Å². The topological polar surface area (TPSA) is 68.0 Å². The first-order valence-electron chi connectivity index (χ1n) is 6.16. The highest BCUT2D eigenvalue weighted by molar-refractivity contribution is 5.98. The summed E-state index contributed by atoms with van der Waals surface area (Å²) in [5.74, 6) is 0.144. The van der Waals surface area contributed by atoms with E-state index in [1.807, 2.05) is 6.92 Å². The number of nitrogens with one attached hydrogen (secondary N) is 1. The minimum atomic E-state index is -0.139. The molecule has 4 nitrogen and oxygen atoms in total. The molecule has 94 valence electrons. The number of nitrogens with two attached hydrogens (primary N) is 1. The van der Waals surface area contributed by atoms with E-state index in [1.165, 1.54) is 12.8 Å². The average molecular weight is 235 g/mol. The van der Waals surface area contributed by atoms with Gasteiger partial charge in [0.15, 0.2) is 0 Å². The molecule has 0 spiro atoms. The summed E-state index contributed by atoms with van der Waals surface area (Å²) in [6.07, 6.45) is 6.11. The van der Waals surface area contributed by atoms with Crippen LogP contribution in [0.5, 0.6) is 0 Å². The Balaban J connectivity index is 2.46. The van der Waals surface area contributed by atoms with Gasteiger partial charge in [-0.05, 0) is 25.5 Å². The summed E-state index contributed by atoms with van der Waals surface area (Å²) in [6, 6.07) is 3.58. The van der Waals surface area contributed by atoms with Crippen LogP contribution in [-0.4, -0.2) is 16.9 Å². The van der Waals surface area contributed by atoms with Gasteiger partial charge in [0.05, 0.1) is 5.56 Å². The van der Waals surface area contributed by atoms with E-state index in [0.717, 1.165) is 12.8 Å². The van der Waals surface area contributed by atoms with E-state index in [0.29, 0.717) is 5.56 Å². The van der Waals surface area contributed by atoms with E-state index in [-0.39, 0.29) is 17.8 Å². The molecule has 1 aromatic heterocycles. The van der Waals surface area contributed by atoms with E-state index in [9.17, 15) is 4.79 Å². The quantitative estimate of drug-likeness (QED) is 0.744. The van der Waals surface area contributed by atoms with Crippen molar-refractivity contribution in [1.82, 2.24) is 10.3 Å². The summed E-state index contributed by atoms with van der Waals surface area (Å²) >= 11 is 0. The van der Waals surface area contributed by atoms with Gasteiger partial charge in [-0.3, -0.25) is 4.79 Å². The van der Waals surface area contributed by atoms with E-state index in [2.05, 4.69) is 17.2 Å². The van der Waals surface area contributed by atoms with Crippen molar-refractivity contribution in [3.05, 3.63) is 23.9 Å². The van der Waals surface area contributed by atoms with Gasteiger partial charge in [-0.25, -0.2) is 4.98 Å². The number of hydrogen-bond acceptors (Lipinski definition) is 3. The fraction of sp³-hybridized carbons (Fsp3) is 0.538. The molecule has 3 N–H and O–H groups in total. The molecule has 1 heterocycles. The lowest BCUT2D eigenvalue weighted by Gasteiger charge is -2.14. The van der Waals surface area contributed by atoms with Crippen LogP contribution in [0.2, 0.25) is 0 Å². The van der Waals surface area contributed by atoms with Crippen LogP contribution in [0.1, 0.15) is 49.9 Å². The summed E-state index contributed by atoms with van der Waals surface area (Å²) in [7, 11) is 0. The SMILES string of the molecule is CCCCCC(C)NC(=O)c1cccnc1N. The monoisotopic (exact) mass is 235 g/mol. The van der Waals surface area contributed by atoms with Crippen molar-refractivity contribution in [2.75, 3.05) is 5.73 Å². The van der Waals surface area contributed by atoms with E-state index in [4.69, 9.17) is 5.73 Å². The molecule has 1 atom stereocenters. The third-order valence-electron chi connectivity index (χ3n) is 2.70. The lowest BCUT2D eigenvalue weighted by atomic mass is 10.1. The van der Waals surface area contributed by atoms with E-state index < -0.39 is 0 Å². The highest BCUT2D eigenvalue weighted by atomic mass is 16.1. The number of pyridine rings is 1. The van der Waals surface area contributed by atoms with Crippen molar-refractivity contribution in [3.8, 4) is 0 Å². The highest BCUT2D eigenvalue weighted by Gasteiger charge is 2.12. The van der Waals surface area contributed by atoms with Crippen LogP contribution in [0.3, 0.4) is 0 Å². The first-order valence-corrected chi connectivity index (χ1v) is 6.16. The second-order valence-electron chi connectivity index (χ2n) is 4.31. The second-order valence-corrected chi connectivity index (χ2v) is 4.31. The first-order chi connectivity index (χ1) is 8.15. The molecule has 0 fully saturated rings. The molecule has 1 unspecified atom stereocenters. The zero-order valence-electron chi connectivity index (χ0n) is 10.6. The smallest absolute Gasteiger partial charge is 0.255 e. The number of rotatable bonds is 6. The summed E-state index contributed by atoms with van der Waals surface area (Å²) in [5.41, 5.74) is 6.10. The number of nitrogens with zero attached hydrogens (tertiary/aromatic N) is 1. The Hall–Kier alpha value is -1.58. The van der Waals surface area contributed by atoms with Crippen molar-refractivity contribution in [3.63, 3.8) is 0 Å². The highest BCUT2D eigenvalue weighted by Crippen LogP contribution is 2.08. The Kier molecular flexibility index (Phi) is 5.46. The Labute approximate surface area is 103 Å². The fourth-order valence-corrected chi connectivity index (χ4v) is 1.68. The van der Waals surface area contributed by atoms with Gasteiger partial charge >= 0.3 is 0 Å². The predicted molar refractivity (Wildman–Crippen MR) is 69.7 cm³/mol. The van der Waals surface area contributed by atoms with Gasteiger partial charge in [0.25, 0.3) is 5.91 Å². The van der Waals surface area contributed by atoms with Crippen LogP contribution in [0.25, 0.3) is 0 Å². The van der Waals surface area contributed by atoms with Gasteiger partial charge < -0.3 is 11.1 Å². The summed E-state index contributed by atoms with van der Waals surface area (Å²) in [5, 5.41) is 2.94. The molecule has 1 amide bonds. The number of anilines is 1. The van der Waals surface area contributed by atoms with Gasteiger partial charge in [0.1, 0.15) is 5.82 Å². The van der Waals surface area contributed by atoms with Gasteiger partial charge in [-0.15, -0.1) is 0 Å². The zero-order chi connectivity index (χ0) is 12.7. The van der Waals surface area contributed by atoms with Crippen molar-refractivity contribution < 1.29 is 4.79 Å². The van der Waals surface area contributed by atoms with Crippen molar-refractivity contribution in [1.29, 1.82) is 0 Å². The molecule has 1 rings (SSSR count). The molecule has 0 aromatic carbocycles. The molecular formula is C13H21N3O. The molecule has 1 aromatic rings. The van der Waals surface area contributed by atoms with Crippen LogP contribution in [0.15, 0.2) is 18.3 Å². The zero-order valence-corrected chi connectivity index (χ0v) is 10.6. The number of aromatic nitrogens is 1. The second kappa shape index (κ2) is 6.89. The van der Waals surface area contributed by atoms with Crippen LogP contribution in [0.4, 0.5) is 5.82 Å². The Morgan fingerprint density at radius 1 is 1.53 bits per heavy atom. The molecule has 0 aliphatic carbocycles. The van der Waals surface area contributed by atoms with Crippen LogP contribution >= 0.6 is 0 Å². The molecule has 0 bridgehead atoms. The Bertz CT molecular complexity index is 365. The minimum absolute atomic E-state index is 0.139. The molecule has 17 heavy (non-hydrogen) atoms. The van der Waals surface area contributed by atoms with Gasteiger partial charge in [0, 0.05) is 12.2 Å². The summed E-state index contributed by atoms with van der Waals surface area (Å²) in [6.45, 7) is 4.18. The van der Waals surface area contributed by atoms with Gasteiger partial charge in [0.2, 0.25) is 0 Å². The molecule has 0 saturated heterocycles. The van der Waals surface area contributed by atoms with Crippen molar-refractivity contribution in [2.45, 2.75) is 45.6 Å². The molecule has 0 saturated carbocycles. The Morgan fingerprint density at radius 3 is 2.94 bits per heavy atom. The normalized spacial score (nSPS) is 12.1. The molecule has 4 heteroatoms. The Morgan fingerprint density at radius 2 is 2.29 bits per heavy atom. The van der Waals surface area contributed by atoms with Crippen LogP contribution in [-0.2, 0) is 0 Å². The van der Waals surface area contributed by atoms with E-state index >= 15 is 0 Å². The molecular weight excluding hydrogens is 214 g/mol. The molecule has 0 aliphatic rings. The third-order valence-corrected chi connectivity index (χ3v) is 2.70. The van der Waals surface area contributed by atoms with Crippen LogP contribution < -0.4 is 11.1 Å². The number of hydrogen-bond donors (Lipinski definition) is 2. The molecule has 0 radical (unpaired) electrons. The summed E-state index contributed by atoms with van der Waals surface area (Å²) < 4.78 is 0. The predicted octanol–water partition coefficient (Wildman–Crippen LogP) is 2.36. The standard InChI is InChI=1S/C13H21N3O/c1-3-4-5-7-10(2)16-13(17)11-8-6-9-15-12(11)14/h6,8-10H,3-5,7H2,1-2H3,(H2,14,15)(H,16,17). The number of unbranched alkanes of at least 4 members (excludes halogenated alkanes) is 2. The largest absolute Gasteiger partial charge is 0.383 e. The fourth-order valence-electron chi connectivity index (χ4n) is 1.68. The average Bonchev–Trinajstić information content (AvgIpc) is 2.29. The van der Waals surface area contributed by atoms with Crippen LogP contribution in [0, 0.1) is 0 Å². The van der Waals surface area contributed by atoms with E-state index in [1.54, 1.807) is 18.3 Å². The minimum Gasteiger partial charge on any atom is -0.383 e. The lowest BCUT2D eigenvalue weighted by molar-refractivity contribution is 0.0938.